The van der Waals surface area contributed by atoms with Gasteiger partial charge in [-0.05, 0) is 61.2 Å². The molecule has 3 rings (SSSR count). The zero-order valence-electron chi connectivity index (χ0n) is 13.9. The Labute approximate surface area is 141 Å². The summed E-state index contributed by atoms with van der Waals surface area (Å²) in [5, 5.41) is 5.80. The van der Waals surface area contributed by atoms with Crippen molar-refractivity contribution in [2.45, 2.75) is 26.8 Å². The van der Waals surface area contributed by atoms with Gasteiger partial charge in [0.1, 0.15) is 0 Å². The molecule has 0 bridgehead atoms. The molecule has 24 heavy (non-hydrogen) atoms. The van der Waals surface area contributed by atoms with Crippen molar-refractivity contribution in [2.75, 3.05) is 5.32 Å². The average molecular weight is 323 g/mol. The van der Waals surface area contributed by atoms with Crippen molar-refractivity contribution in [1.82, 2.24) is 10.3 Å². The first-order valence-electron chi connectivity index (χ1n) is 8.09. The number of rotatable bonds is 5. The molecule has 124 valence electrons. The van der Waals surface area contributed by atoms with Crippen LogP contribution in [-0.4, -0.2) is 16.8 Å². The molecule has 1 aromatic carbocycles. The van der Waals surface area contributed by atoms with Crippen molar-refractivity contribution in [3.8, 4) is 0 Å². The second-order valence-corrected chi connectivity index (χ2v) is 6.39. The van der Waals surface area contributed by atoms with Gasteiger partial charge in [-0.25, -0.2) is 0 Å². The number of amides is 2. The van der Waals surface area contributed by atoms with E-state index in [1.807, 2.05) is 38.1 Å². The molecule has 2 aromatic rings. The third-order valence-corrected chi connectivity index (χ3v) is 4.17. The lowest BCUT2D eigenvalue weighted by molar-refractivity contribution is -0.125. The number of hydrogen-bond donors (Lipinski definition) is 2. The van der Waals surface area contributed by atoms with Gasteiger partial charge >= 0.3 is 0 Å². The minimum atomic E-state index is -0.233. The monoisotopic (exact) mass is 323 g/mol. The summed E-state index contributed by atoms with van der Waals surface area (Å²) in [7, 11) is 0. The molecule has 2 amide bonds. The highest BCUT2D eigenvalue weighted by atomic mass is 16.2. The van der Waals surface area contributed by atoms with Gasteiger partial charge in [-0.3, -0.25) is 14.6 Å². The highest BCUT2D eigenvalue weighted by Crippen LogP contribution is 2.39. The molecule has 0 saturated heterocycles. The minimum Gasteiger partial charge on any atom is -0.352 e. The lowest BCUT2D eigenvalue weighted by atomic mass is 10.1. The van der Waals surface area contributed by atoms with Gasteiger partial charge in [0.25, 0.3) is 0 Å². The SMILES string of the molecule is Cc1cc(C)cc(NC(=O)C2CC2C(=O)NCc2ccncc2)c1. The van der Waals surface area contributed by atoms with Crippen LogP contribution in [0.3, 0.4) is 0 Å². The summed E-state index contributed by atoms with van der Waals surface area (Å²) in [5.41, 5.74) is 4.00. The van der Waals surface area contributed by atoms with Gasteiger partial charge in [0, 0.05) is 24.6 Å². The number of pyridine rings is 1. The number of nitrogens with zero attached hydrogens (tertiary/aromatic N) is 1. The summed E-state index contributed by atoms with van der Waals surface area (Å²) < 4.78 is 0. The summed E-state index contributed by atoms with van der Waals surface area (Å²) in [6.45, 7) is 4.45. The van der Waals surface area contributed by atoms with Crippen LogP contribution in [0.4, 0.5) is 5.69 Å². The molecule has 1 aliphatic rings. The fourth-order valence-corrected chi connectivity index (χ4v) is 2.88. The van der Waals surface area contributed by atoms with Crippen LogP contribution in [0.15, 0.2) is 42.7 Å². The summed E-state index contributed by atoms with van der Waals surface area (Å²) in [6.07, 6.45) is 4.00. The number of carbonyl (C=O) groups is 2. The zero-order valence-corrected chi connectivity index (χ0v) is 13.9. The minimum absolute atomic E-state index is 0.0626. The van der Waals surface area contributed by atoms with Crippen molar-refractivity contribution in [3.63, 3.8) is 0 Å². The van der Waals surface area contributed by atoms with Gasteiger partial charge in [-0.15, -0.1) is 0 Å². The molecular weight excluding hydrogens is 302 g/mol. The number of benzene rings is 1. The van der Waals surface area contributed by atoms with Crippen LogP contribution in [0.2, 0.25) is 0 Å². The van der Waals surface area contributed by atoms with E-state index >= 15 is 0 Å². The molecule has 1 aliphatic carbocycles. The summed E-state index contributed by atoms with van der Waals surface area (Å²) in [6, 6.07) is 9.65. The number of aryl methyl sites for hydroxylation is 2. The number of hydrogen-bond acceptors (Lipinski definition) is 3. The Morgan fingerprint density at radius 1 is 1.04 bits per heavy atom. The summed E-state index contributed by atoms with van der Waals surface area (Å²) >= 11 is 0. The average Bonchev–Trinajstić information content (AvgIpc) is 3.33. The van der Waals surface area contributed by atoms with E-state index in [0.717, 1.165) is 22.4 Å². The molecule has 5 nitrogen and oxygen atoms in total. The Hall–Kier alpha value is -2.69. The van der Waals surface area contributed by atoms with Crippen LogP contribution in [0.5, 0.6) is 0 Å². The van der Waals surface area contributed by atoms with Crippen LogP contribution in [0, 0.1) is 25.7 Å². The van der Waals surface area contributed by atoms with E-state index in [1.165, 1.54) is 0 Å². The predicted molar refractivity (Wildman–Crippen MR) is 92.2 cm³/mol. The predicted octanol–water partition coefficient (Wildman–Crippen LogP) is 2.59. The molecule has 5 heteroatoms. The molecule has 1 fully saturated rings. The van der Waals surface area contributed by atoms with Gasteiger partial charge in [-0.2, -0.15) is 0 Å². The van der Waals surface area contributed by atoms with Crippen LogP contribution >= 0.6 is 0 Å². The van der Waals surface area contributed by atoms with E-state index in [4.69, 9.17) is 0 Å². The van der Waals surface area contributed by atoms with Crippen LogP contribution < -0.4 is 10.6 Å². The summed E-state index contributed by atoms with van der Waals surface area (Å²) in [5.74, 6) is -0.600. The van der Waals surface area contributed by atoms with Crippen molar-refractivity contribution in [1.29, 1.82) is 0 Å². The maximum Gasteiger partial charge on any atom is 0.228 e. The molecule has 0 radical (unpaired) electrons. The van der Waals surface area contributed by atoms with Crippen LogP contribution in [0.25, 0.3) is 0 Å². The molecule has 2 atom stereocenters. The molecular formula is C19H21N3O2. The molecule has 1 aromatic heterocycles. The quantitative estimate of drug-likeness (QED) is 0.888. The van der Waals surface area contributed by atoms with Crippen molar-refractivity contribution < 1.29 is 9.59 Å². The number of aromatic nitrogens is 1. The highest BCUT2D eigenvalue weighted by Gasteiger charge is 2.47. The van der Waals surface area contributed by atoms with E-state index in [2.05, 4.69) is 21.7 Å². The zero-order chi connectivity index (χ0) is 17.1. The van der Waals surface area contributed by atoms with Crippen molar-refractivity contribution in [2.24, 2.45) is 11.8 Å². The molecule has 2 N–H and O–H groups in total. The summed E-state index contributed by atoms with van der Waals surface area (Å²) in [4.78, 5) is 28.4. The third kappa shape index (κ3) is 3.98. The molecule has 1 saturated carbocycles. The topological polar surface area (TPSA) is 71.1 Å². The van der Waals surface area contributed by atoms with Gasteiger partial charge in [0.05, 0.1) is 11.8 Å². The first kappa shape index (κ1) is 16.2. The lowest BCUT2D eigenvalue weighted by Gasteiger charge is -2.08. The maximum absolute atomic E-state index is 12.3. The standard InChI is InChI=1S/C19H21N3O2/c1-12-7-13(2)9-15(8-12)22-19(24)17-10-16(17)18(23)21-11-14-3-5-20-6-4-14/h3-9,16-17H,10-11H2,1-2H3,(H,21,23)(H,22,24). The molecule has 2 unspecified atom stereocenters. The second kappa shape index (κ2) is 6.83. The number of carbonyl (C=O) groups excluding carboxylic acids is 2. The first-order valence-corrected chi connectivity index (χ1v) is 8.09. The Morgan fingerprint density at radius 2 is 1.67 bits per heavy atom. The van der Waals surface area contributed by atoms with Gasteiger partial charge in [0.15, 0.2) is 0 Å². The van der Waals surface area contributed by atoms with E-state index in [0.29, 0.717) is 13.0 Å². The largest absolute Gasteiger partial charge is 0.352 e. The highest BCUT2D eigenvalue weighted by molar-refractivity contribution is 5.99. The first-order chi connectivity index (χ1) is 11.5. The van der Waals surface area contributed by atoms with E-state index < -0.39 is 0 Å². The van der Waals surface area contributed by atoms with Gasteiger partial charge in [-0.1, -0.05) is 6.07 Å². The number of anilines is 1. The lowest BCUT2D eigenvalue weighted by Crippen LogP contribution is -2.27. The molecule has 1 heterocycles. The second-order valence-electron chi connectivity index (χ2n) is 6.39. The molecule has 0 spiro atoms. The van der Waals surface area contributed by atoms with Crippen LogP contribution in [0.1, 0.15) is 23.1 Å². The smallest absolute Gasteiger partial charge is 0.228 e. The Morgan fingerprint density at radius 3 is 2.33 bits per heavy atom. The van der Waals surface area contributed by atoms with Crippen molar-refractivity contribution in [3.05, 3.63) is 59.4 Å². The number of nitrogens with one attached hydrogen (secondary N) is 2. The van der Waals surface area contributed by atoms with E-state index in [9.17, 15) is 9.59 Å². The van der Waals surface area contributed by atoms with Crippen molar-refractivity contribution >= 4 is 17.5 Å². The normalized spacial score (nSPS) is 18.8. The van der Waals surface area contributed by atoms with Gasteiger partial charge in [0.2, 0.25) is 11.8 Å². The third-order valence-electron chi connectivity index (χ3n) is 4.17. The Bertz CT molecular complexity index is 738. The van der Waals surface area contributed by atoms with Crippen LogP contribution in [-0.2, 0) is 16.1 Å². The van der Waals surface area contributed by atoms with E-state index in [-0.39, 0.29) is 23.7 Å². The van der Waals surface area contributed by atoms with Gasteiger partial charge < -0.3 is 10.6 Å². The Kier molecular flexibility index (Phi) is 4.60. The van der Waals surface area contributed by atoms with E-state index in [1.54, 1.807) is 12.4 Å². The fraction of sp³-hybridized carbons (Fsp3) is 0.316. The Balaban J connectivity index is 1.50. The molecule has 0 aliphatic heterocycles. The maximum atomic E-state index is 12.3. The fourth-order valence-electron chi connectivity index (χ4n) is 2.88.